The first-order valence-electron chi connectivity index (χ1n) is 9.08. The summed E-state index contributed by atoms with van der Waals surface area (Å²) in [5, 5.41) is 2.67. The Hall–Kier alpha value is -2.47. The molecular weight excluding hydrogens is 360 g/mol. The van der Waals surface area contributed by atoms with E-state index in [4.69, 9.17) is 9.72 Å². The summed E-state index contributed by atoms with van der Waals surface area (Å²) in [6.07, 6.45) is 0.830. The van der Waals surface area contributed by atoms with Crippen molar-refractivity contribution in [3.8, 4) is 11.1 Å². The maximum absolute atomic E-state index is 13.3. The predicted molar refractivity (Wildman–Crippen MR) is 109 cm³/mol. The summed E-state index contributed by atoms with van der Waals surface area (Å²) in [6, 6.07) is 8.16. The minimum atomic E-state index is -0.265. The fourth-order valence-corrected chi connectivity index (χ4v) is 4.07. The number of aryl methyl sites for hydroxylation is 1. The molecule has 0 saturated heterocycles. The molecule has 0 aliphatic heterocycles. The number of aromatic nitrogens is 2. The van der Waals surface area contributed by atoms with E-state index >= 15 is 0 Å². The third-order valence-electron chi connectivity index (χ3n) is 4.59. The highest BCUT2D eigenvalue weighted by Gasteiger charge is 2.18. The van der Waals surface area contributed by atoms with Crippen molar-refractivity contribution in [2.45, 2.75) is 46.1 Å². The standard InChI is InChI=1S/C21H24N2O3S/c1-13(2)19-22-20-18(21(25)23(19)11-5-6-17(24)26-4)16(12-27-20)15-9-7-14(3)8-10-15/h7-10,12-13H,5-6,11H2,1-4H3. The zero-order chi connectivity index (χ0) is 19.6. The van der Waals surface area contributed by atoms with E-state index in [1.165, 1.54) is 24.0 Å². The fourth-order valence-electron chi connectivity index (χ4n) is 3.13. The second kappa shape index (κ2) is 8.05. The summed E-state index contributed by atoms with van der Waals surface area (Å²) in [5.74, 6) is 0.610. The molecule has 0 bridgehead atoms. The van der Waals surface area contributed by atoms with Gasteiger partial charge in [-0.3, -0.25) is 14.2 Å². The molecule has 2 aromatic heterocycles. The average Bonchev–Trinajstić information content (AvgIpc) is 3.08. The maximum Gasteiger partial charge on any atom is 0.305 e. The van der Waals surface area contributed by atoms with Crippen molar-refractivity contribution in [2.75, 3.05) is 7.11 Å². The number of benzene rings is 1. The van der Waals surface area contributed by atoms with Crippen molar-refractivity contribution in [3.63, 3.8) is 0 Å². The first kappa shape index (κ1) is 19.3. The zero-order valence-corrected chi connectivity index (χ0v) is 16.9. The number of nitrogens with zero attached hydrogens (tertiary/aromatic N) is 2. The smallest absolute Gasteiger partial charge is 0.305 e. The lowest BCUT2D eigenvalue weighted by Gasteiger charge is -2.15. The lowest BCUT2D eigenvalue weighted by atomic mass is 10.0. The summed E-state index contributed by atoms with van der Waals surface area (Å²) < 4.78 is 6.42. The Kier molecular flexibility index (Phi) is 5.75. The van der Waals surface area contributed by atoms with Crippen LogP contribution in [0.2, 0.25) is 0 Å². The van der Waals surface area contributed by atoms with Crippen molar-refractivity contribution >= 4 is 27.5 Å². The highest BCUT2D eigenvalue weighted by molar-refractivity contribution is 7.17. The van der Waals surface area contributed by atoms with E-state index in [0.717, 1.165) is 21.8 Å². The third kappa shape index (κ3) is 3.95. The molecule has 6 heteroatoms. The SMILES string of the molecule is COC(=O)CCCn1c(C(C)C)nc2scc(-c3ccc(C)cc3)c2c1=O. The Morgan fingerprint density at radius 2 is 1.96 bits per heavy atom. The van der Waals surface area contributed by atoms with Crippen LogP contribution in [0.15, 0.2) is 34.4 Å². The Morgan fingerprint density at radius 3 is 2.59 bits per heavy atom. The maximum atomic E-state index is 13.3. The molecule has 0 aliphatic rings. The van der Waals surface area contributed by atoms with Gasteiger partial charge < -0.3 is 4.74 Å². The highest BCUT2D eigenvalue weighted by atomic mass is 32.1. The van der Waals surface area contributed by atoms with E-state index < -0.39 is 0 Å². The van der Waals surface area contributed by atoms with Crippen LogP contribution < -0.4 is 5.56 Å². The first-order chi connectivity index (χ1) is 12.9. The topological polar surface area (TPSA) is 61.2 Å². The van der Waals surface area contributed by atoms with Gasteiger partial charge in [-0.05, 0) is 18.9 Å². The van der Waals surface area contributed by atoms with Gasteiger partial charge >= 0.3 is 5.97 Å². The van der Waals surface area contributed by atoms with Crippen LogP contribution in [-0.2, 0) is 16.1 Å². The fraction of sp³-hybridized carbons (Fsp3) is 0.381. The summed E-state index contributed by atoms with van der Waals surface area (Å²) in [7, 11) is 1.38. The number of carbonyl (C=O) groups is 1. The number of esters is 1. The molecule has 0 fully saturated rings. The summed E-state index contributed by atoms with van der Waals surface area (Å²) in [5.41, 5.74) is 3.08. The lowest BCUT2D eigenvalue weighted by molar-refractivity contribution is -0.140. The summed E-state index contributed by atoms with van der Waals surface area (Å²) >= 11 is 1.50. The highest BCUT2D eigenvalue weighted by Crippen LogP contribution is 2.32. The van der Waals surface area contributed by atoms with Gasteiger partial charge in [0.2, 0.25) is 0 Å². The van der Waals surface area contributed by atoms with Crippen molar-refractivity contribution < 1.29 is 9.53 Å². The third-order valence-corrected chi connectivity index (χ3v) is 5.46. The number of hydrogen-bond acceptors (Lipinski definition) is 5. The minimum absolute atomic E-state index is 0.0367. The molecule has 0 saturated carbocycles. The second-order valence-corrected chi connectivity index (χ2v) is 7.81. The number of fused-ring (bicyclic) bond motifs is 1. The molecule has 27 heavy (non-hydrogen) atoms. The predicted octanol–water partition coefficient (Wildman–Crippen LogP) is 4.51. The summed E-state index contributed by atoms with van der Waals surface area (Å²) in [4.78, 5) is 30.3. The van der Waals surface area contributed by atoms with Gasteiger partial charge in [0.1, 0.15) is 10.7 Å². The van der Waals surface area contributed by atoms with Crippen LogP contribution >= 0.6 is 11.3 Å². The van der Waals surface area contributed by atoms with E-state index in [0.29, 0.717) is 18.4 Å². The molecule has 3 rings (SSSR count). The van der Waals surface area contributed by atoms with Crippen LogP contribution in [0.25, 0.3) is 21.3 Å². The van der Waals surface area contributed by atoms with Crippen LogP contribution in [0, 0.1) is 6.92 Å². The van der Waals surface area contributed by atoms with Gasteiger partial charge in [-0.2, -0.15) is 0 Å². The molecule has 3 aromatic rings. The monoisotopic (exact) mass is 384 g/mol. The summed E-state index contributed by atoms with van der Waals surface area (Å²) in [6.45, 7) is 6.55. The van der Waals surface area contributed by atoms with Crippen LogP contribution in [0.4, 0.5) is 0 Å². The van der Waals surface area contributed by atoms with Gasteiger partial charge in [0.05, 0.1) is 12.5 Å². The van der Waals surface area contributed by atoms with Crippen molar-refractivity contribution in [1.29, 1.82) is 0 Å². The number of hydrogen-bond donors (Lipinski definition) is 0. The molecule has 0 aliphatic carbocycles. The van der Waals surface area contributed by atoms with Crippen LogP contribution in [-0.4, -0.2) is 22.6 Å². The van der Waals surface area contributed by atoms with Gasteiger partial charge in [0, 0.05) is 29.8 Å². The molecule has 1 aromatic carbocycles. The number of thiophene rings is 1. The molecule has 0 amide bonds. The van der Waals surface area contributed by atoms with Gasteiger partial charge in [0.15, 0.2) is 0 Å². The minimum Gasteiger partial charge on any atom is -0.469 e. The molecule has 2 heterocycles. The number of methoxy groups -OCH3 is 1. The van der Waals surface area contributed by atoms with E-state index in [2.05, 4.69) is 0 Å². The molecule has 0 N–H and O–H groups in total. The number of carbonyl (C=O) groups excluding carboxylic acids is 1. The number of ether oxygens (including phenoxy) is 1. The number of rotatable bonds is 6. The second-order valence-electron chi connectivity index (χ2n) is 6.96. The Bertz CT molecular complexity index is 1020. The quantitative estimate of drug-likeness (QED) is 0.587. The van der Waals surface area contributed by atoms with Crippen LogP contribution in [0.3, 0.4) is 0 Å². The average molecular weight is 385 g/mol. The van der Waals surface area contributed by atoms with Gasteiger partial charge in [-0.15, -0.1) is 11.3 Å². The van der Waals surface area contributed by atoms with Crippen LogP contribution in [0.1, 0.15) is 44.0 Å². The Morgan fingerprint density at radius 1 is 1.26 bits per heavy atom. The molecule has 0 spiro atoms. The molecule has 142 valence electrons. The molecule has 0 unspecified atom stereocenters. The van der Waals surface area contributed by atoms with Gasteiger partial charge in [-0.1, -0.05) is 43.7 Å². The normalized spacial score (nSPS) is 11.3. The zero-order valence-electron chi connectivity index (χ0n) is 16.1. The molecule has 5 nitrogen and oxygen atoms in total. The van der Waals surface area contributed by atoms with E-state index in [-0.39, 0.29) is 23.9 Å². The first-order valence-corrected chi connectivity index (χ1v) is 9.96. The lowest BCUT2D eigenvalue weighted by Crippen LogP contribution is -2.26. The van der Waals surface area contributed by atoms with Crippen molar-refractivity contribution in [1.82, 2.24) is 9.55 Å². The largest absolute Gasteiger partial charge is 0.469 e. The Balaban J connectivity index is 2.09. The van der Waals surface area contributed by atoms with E-state index in [1.807, 2.05) is 50.4 Å². The van der Waals surface area contributed by atoms with Gasteiger partial charge in [0.25, 0.3) is 5.56 Å². The Labute approximate surface area is 162 Å². The van der Waals surface area contributed by atoms with Crippen molar-refractivity contribution in [3.05, 3.63) is 51.4 Å². The van der Waals surface area contributed by atoms with Crippen molar-refractivity contribution in [2.24, 2.45) is 0 Å². The molecule has 0 atom stereocenters. The molecular formula is C21H24N2O3S. The molecule has 0 radical (unpaired) electrons. The van der Waals surface area contributed by atoms with Gasteiger partial charge in [-0.25, -0.2) is 4.98 Å². The van der Waals surface area contributed by atoms with Crippen LogP contribution in [0.5, 0.6) is 0 Å². The van der Waals surface area contributed by atoms with E-state index in [9.17, 15) is 9.59 Å². The van der Waals surface area contributed by atoms with E-state index in [1.54, 1.807) is 4.57 Å².